The van der Waals surface area contributed by atoms with E-state index in [0.717, 1.165) is 17.7 Å². The Morgan fingerprint density at radius 2 is 2.09 bits per heavy atom. The lowest BCUT2D eigenvalue weighted by molar-refractivity contribution is 0.0789. The van der Waals surface area contributed by atoms with E-state index < -0.39 is 11.0 Å². The first-order valence-corrected chi connectivity index (χ1v) is 12.3. The molecule has 0 aliphatic rings. The van der Waals surface area contributed by atoms with Crippen molar-refractivity contribution in [3.8, 4) is 17.0 Å². The maximum atomic E-state index is 12.4. The van der Waals surface area contributed by atoms with Crippen molar-refractivity contribution in [2.45, 2.75) is 38.2 Å². The fraction of sp³-hybridized carbons (Fsp3) is 0.318. The van der Waals surface area contributed by atoms with Gasteiger partial charge in [-0.2, -0.15) is 0 Å². The minimum absolute atomic E-state index is 0.0275. The Hall–Kier alpha value is -2.82. The molecule has 0 radical (unpaired) electrons. The standard InChI is InChI=1S/C22H27N5O3S2/c1-5-10-27(4)21(28)17-8-6-15(12-24-17)19-13-31-22(26-19)25-18-11-16(32(23)29)7-9-20(18)30-14(2)3/h6-9,11-14H,5,10,23H2,1-4H3,(H,25,26). The normalized spacial score (nSPS) is 11.9. The number of aromatic nitrogens is 2. The van der Waals surface area contributed by atoms with E-state index in [2.05, 4.69) is 15.3 Å². The number of nitrogens with two attached hydrogens (primary N) is 1. The fourth-order valence-corrected chi connectivity index (χ4v) is 4.14. The summed E-state index contributed by atoms with van der Waals surface area (Å²) in [7, 11) is 0.164. The summed E-state index contributed by atoms with van der Waals surface area (Å²) in [5, 5.41) is 11.3. The van der Waals surface area contributed by atoms with Crippen LogP contribution in [0.4, 0.5) is 10.8 Å². The third-order valence-electron chi connectivity index (χ3n) is 4.48. The van der Waals surface area contributed by atoms with E-state index in [1.807, 2.05) is 32.2 Å². The van der Waals surface area contributed by atoms with Gasteiger partial charge in [-0.3, -0.25) is 9.78 Å². The van der Waals surface area contributed by atoms with Gasteiger partial charge in [-0.1, -0.05) is 6.92 Å². The number of anilines is 2. The SMILES string of the molecule is CCCN(C)C(=O)c1ccc(-c2csc(Nc3cc(S(N)=O)ccc3OC(C)C)n2)cn1. The van der Waals surface area contributed by atoms with Gasteiger partial charge in [0.15, 0.2) is 5.13 Å². The summed E-state index contributed by atoms with van der Waals surface area (Å²) in [5.74, 6) is 0.514. The molecular weight excluding hydrogens is 446 g/mol. The van der Waals surface area contributed by atoms with Gasteiger partial charge in [-0.05, 0) is 50.6 Å². The van der Waals surface area contributed by atoms with Crippen LogP contribution < -0.4 is 15.2 Å². The van der Waals surface area contributed by atoms with Crippen LogP contribution in [-0.4, -0.2) is 44.7 Å². The lowest BCUT2D eigenvalue weighted by Crippen LogP contribution is -2.28. The van der Waals surface area contributed by atoms with Crippen molar-refractivity contribution in [2.24, 2.45) is 5.14 Å². The number of rotatable bonds is 9. The predicted octanol–water partition coefficient (Wildman–Crippen LogP) is 4.20. The number of carbonyl (C=O) groups excluding carboxylic acids is 1. The van der Waals surface area contributed by atoms with Gasteiger partial charge in [-0.15, -0.1) is 11.3 Å². The molecule has 0 spiro atoms. The number of hydrogen-bond donors (Lipinski definition) is 2. The highest BCUT2D eigenvalue weighted by Crippen LogP contribution is 2.33. The second-order valence-corrected chi connectivity index (χ2v) is 9.37. The molecule has 0 saturated heterocycles. The van der Waals surface area contributed by atoms with E-state index in [9.17, 15) is 9.00 Å². The summed E-state index contributed by atoms with van der Waals surface area (Å²) < 4.78 is 17.5. The molecule has 170 valence electrons. The van der Waals surface area contributed by atoms with E-state index in [-0.39, 0.29) is 12.0 Å². The highest BCUT2D eigenvalue weighted by atomic mass is 32.2. The number of amides is 1. The Kier molecular flexibility index (Phi) is 7.94. The van der Waals surface area contributed by atoms with Crippen LogP contribution >= 0.6 is 11.3 Å². The third kappa shape index (κ3) is 5.90. The number of hydrogen-bond acceptors (Lipinski definition) is 7. The van der Waals surface area contributed by atoms with Gasteiger partial charge < -0.3 is 15.0 Å². The first kappa shape index (κ1) is 23.8. The van der Waals surface area contributed by atoms with E-state index in [4.69, 9.17) is 9.88 Å². The first-order valence-electron chi connectivity index (χ1n) is 10.2. The van der Waals surface area contributed by atoms with Crippen LogP contribution in [0.1, 0.15) is 37.7 Å². The Balaban J connectivity index is 1.80. The van der Waals surface area contributed by atoms with Gasteiger partial charge in [-0.25, -0.2) is 14.3 Å². The average Bonchev–Trinajstić information content (AvgIpc) is 3.22. The number of ether oxygens (including phenoxy) is 1. The summed E-state index contributed by atoms with van der Waals surface area (Å²) in [5.41, 5.74) is 2.57. The summed E-state index contributed by atoms with van der Waals surface area (Å²) in [6.45, 7) is 6.58. The van der Waals surface area contributed by atoms with Crippen molar-refractivity contribution < 1.29 is 13.7 Å². The second kappa shape index (κ2) is 10.7. The van der Waals surface area contributed by atoms with Crippen LogP contribution in [0.3, 0.4) is 0 Å². The van der Waals surface area contributed by atoms with Gasteiger partial charge in [0.1, 0.15) is 22.4 Å². The lowest BCUT2D eigenvalue weighted by Gasteiger charge is -2.15. The molecule has 8 nitrogen and oxygen atoms in total. The molecule has 1 unspecified atom stereocenters. The van der Waals surface area contributed by atoms with Gasteiger partial charge in [0.05, 0.1) is 22.4 Å². The van der Waals surface area contributed by atoms with Gasteiger partial charge in [0.25, 0.3) is 5.91 Å². The topological polar surface area (TPSA) is 110 Å². The smallest absolute Gasteiger partial charge is 0.272 e. The molecule has 0 aliphatic carbocycles. The van der Waals surface area contributed by atoms with Crippen molar-refractivity contribution in [1.29, 1.82) is 0 Å². The van der Waals surface area contributed by atoms with Crippen molar-refractivity contribution in [3.05, 3.63) is 47.6 Å². The summed E-state index contributed by atoms with van der Waals surface area (Å²) in [6.07, 6.45) is 2.51. The minimum atomic E-state index is -1.61. The Labute approximate surface area is 194 Å². The lowest BCUT2D eigenvalue weighted by atomic mass is 10.2. The zero-order valence-electron chi connectivity index (χ0n) is 18.5. The molecule has 2 aromatic heterocycles. The predicted molar refractivity (Wildman–Crippen MR) is 129 cm³/mol. The van der Waals surface area contributed by atoms with Crippen molar-refractivity contribution in [1.82, 2.24) is 14.9 Å². The van der Waals surface area contributed by atoms with E-state index >= 15 is 0 Å². The maximum Gasteiger partial charge on any atom is 0.272 e. The molecule has 32 heavy (non-hydrogen) atoms. The molecule has 0 aliphatic heterocycles. The van der Waals surface area contributed by atoms with Crippen molar-refractivity contribution >= 4 is 39.0 Å². The van der Waals surface area contributed by atoms with Gasteiger partial charge in [0.2, 0.25) is 0 Å². The van der Waals surface area contributed by atoms with Crippen LogP contribution in [0, 0.1) is 0 Å². The zero-order valence-corrected chi connectivity index (χ0v) is 20.1. The first-order chi connectivity index (χ1) is 15.3. The fourth-order valence-electron chi connectivity index (χ4n) is 2.97. The molecule has 3 rings (SSSR count). The zero-order chi connectivity index (χ0) is 23.3. The Morgan fingerprint density at radius 3 is 2.72 bits per heavy atom. The Morgan fingerprint density at radius 1 is 1.31 bits per heavy atom. The highest BCUT2D eigenvalue weighted by molar-refractivity contribution is 7.82. The third-order valence-corrected chi connectivity index (χ3v) is 5.95. The van der Waals surface area contributed by atoms with Crippen LogP contribution in [0.2, 0.25) is 0 Å². The molecule has 1 amide bonds. The molecule has 0 bridgehead atoms. The number of benzene rings is 1. The number of nitrogens with one attached hydrogen (secondary N) is 1. The summed E-state index contributed by atoms with van der Waals surface area (Å²) in [6, 6.07) is 8.67. The number of carbonyl (C=O) groups is 1. The summed E-state index contributed by atoms with van der Waals surface area (Å²) >= 11 is 1.42. The van der Waals surface area contributed by atoms with E-state index in [0.29, 0.717) is 33.7 Å². The monoisotopic (exact) mass is 473 g/mol. The van der Waals surface area contributed by atoms with Crippen molar-refractivity contribution in [3.63, 3.8) is 0 Å². The second-order valence-electron chi connectivity index (χ2n) is 7.44. The van der Waals surface area contributed by atoms with Gasteiger partial charge >= 0.3 is 0 Å². The highest BCUT2D eigenvalue weighted by Gasteiger charge is 2.14. The van der Waals surface area contributed by atoms with Crippen LogP contribution in [0.25, 0.3) is 11.3 Å². The molecule has 10 heteroatoms. The number of thiazole rings is 1. The minimum Gasteiger partial charge on any atom is -0.489 e. The van der Waals surface area contributed by atoms with Crippen LogP contribution in [-0.2, 0) is 11.0 Å². The molecular formula is C22H27N5O3S2. The largest absolute Gasteiger partial charge is 0.489 e. The average molecular weight is 474 g/mol. The maximum absolute atomic E-state index is 12.4. The van der Waals surface area contributed by atoms with Crippen molar-refractivity contribution in [2.75, 3.05) is 18.9 Å². The number of nitrogens with zero attached hydrogens (tertiary/aromatic N) is 3. The molecule has 0 saturated carbocycles. The molecule has 1 aromatic carbocycles. The molecule has 0 fully saturated rings. The summed E-state index contributed by atoms with van der Waals surface area (Å²) in [4.78, 5) is 23.4. The van der Waals surface area contributed by atoms with Gasteiger partial charge in [0, 0.05) is 30.7 Å². The number of pyridine rings is 1. The molecule has 2 heterocycles. The van der Waals surface area contributed by atoms with Crippen LogP contribution in [0.5, 0.6) is 5.75 Å². The quantitative estimate of drug-likeness (QED) is 0.482. The van der Waals surface area contributed by atoms with E-state index in [1.165, 1.54) is 11.3 Å². The molecule has 3 aromatic rings. The Bertz CT molecular complexity index is 1100. The van der Waals surface area contributed by atoms with Crippen LogP contribution in [0.15, 0.2) is 46.8 Å². The molecule has 3 N–H and O–H groups in total. The van der Waals surface area contributed by atoms with E-state index in [1.54, 1.807) is 42.4 Å². The molecule has 1 atom stereocenters.